The molecule has 200 valence electrons. The Bertz CT molecular complexity index is 1340. The molecule has 0 spiro atoms. The summed E-state index contributed by atoms with van der Waals surface area (Å²) in [7, 11) is 0. The van der Waals surface area contributed by atoms with Crippen LogP contribution in [0.4, 0.5) is 14.9 Å². The normalized spacial score (nSPS) is 19.8. The first-order valence-corrected chi connectivity index (χ1v) is 14.3. The highest BCUT2D eigenvalue weighted by Gasteiger charge is 2.33. The van der Waals surface area contributed by atoms with Gasteiger partial charge in [-0.05, 0) is 60.2 Å². The molecule has 1 fully saturated rings. The van der Waals surface area contributed by atoms with Gasteiger partial charge in [-0.25, -0.2) is 9.18 Å². The predicted octanol–water partition coefficient (Wildman–Crippen LogP) is 6.30. The Morgan fingerprint density at radius 3 is 2.71 bits per heavy atom. The zero-order chi connectivity index (χ0) is 26.8. The van der Waals surface area contributed by atoms with Gasteiger partial charge in [0.15, 0.2) is 0 Å². The molecule has 2 aliphatic heterocycles. The molecule has 38 heavy (non-hydrogen) atoms. The Balaban J connectivity index is 1.19. The molecule has 2 atom stereocenters. The van der Waals surface area contributed by atoms with Gasteiger partial charge in [0.25, 0.3) is 0 Å². The van der Waals surface area contributed by atoms with Gasteiger partial charge in [0.1, 0.15) is 5.82 Å². The second kappa shape index (κ2) is 11.6. The number of piperazine rings is 1. The highest BCUT2D eigenvalue weighted by Crippen LogP contribution is 2.38. The lowest BCUT2D eigenvalue weighted by atomic mass is 9.93. The summed E-state index contributed by atoms with van der Waals surface area (Å²) >= 11 is 14.0. The molecule has 0 bridgehead atoms. The van der Waals surface area contributed by atoms with Gasteiger partial charge in [0.2, 0.25) is 5.91 Å². The topological polar surface area (TPSA) is 55.9 Å². The number of anilines is 1. The van der Waals surface area contributed by atoms with Crippen molar-refractivity contribution in [2.24, 2.45) is 0 Å². The third-order valence-corrected chi connectivity index (χ3v) is 9.09. The Hall–Kier alpha value is -2.65. The Morgan fingerprint density at radius 1 is 1.11 bits per heavy atom. The number of amides is 3. The van der Waals surface area contributed by atoms with Crippen molar-refractivity contribution in [2.75, 3.05) is 38.0 Å². The number of thiophene rings is 1. The second-order valence-corrected chi connectivity index (χ2v) is 11.5. The predicted molar refractivity (Wildman–Crippen MR) is 151 cm³/mol. The number of carbonyl (C=O) groups is 2. The van der Waals surface area contributed by atoms with Gasteiger partial charge in [0, 0.05) is 50.1 Å². The average Bonchev–Trinajstić information content (AvgIpc) is 3.38. The van der Waals surface area contributed by atoms with Gasteiger partial charge in [-0.1, -0.05) is 41.4 Å². The molecule has 0 radical (unpaired) electrons. The smallest absolute Gasteiger partial charge is 0.322 e. The third-order valence-electron chi connectivity index (χ3n) is 7.28. The van der Waals surface area contributed by atoms with Crippen LogP contribution in [-0.2, 0) is 11.2 Å². The number of hydrogen-bond donors (Lipinski definition) is 1. The van der Waals surface area contributed by atoms with E-state index in [1.165, 1.54) is 16.5 Å². The van der Waals surface area contributed by atoms with Crippen LogP contribution in [0.2, 0.25) is 10.0 Å². The summed E-state index contributed by atoms with van der Waals surface area (Å²) < 4.78 is 14.1. The van der Waals surface area contributed by atoms with E-state index in [9.17, 15) is 14.0 Å². The number of urea groups is 1. The molecule has 3 heterocycles. The largest absolute Gasteiger partial charge is 0.339 e. The maximum Gasteiger partial charge on any atom is 0.322 e. The molecule has 2 aromatic carbocycles. The summed E-state index contributed by atoms with van der Waals surface area (Å²) in [6.07, 6.45) is 1.29. The van der Waals surface area contributed by atoms with E-state index in [4.69, 9.17) is 23.2 Å². The van der Waals surface area contributed by atoms with Gasteiger partial charge in [-0.3, -0.25) is 9.69 Å². The lowest BCUT2D eigenvalue weighted by molar-refractivity contribution is -0.134. The minimum absolute atomic E-state index is 0.0592. The Morgan fingerprint density at radius 2 is 1.92 bits per heavy atom. The van der Waals surface area contributed by atoms with E-state index in [0.29, 0.717) is 48.3 Å². The molecule has 1 aromatic heterocycles. The second-order valence-electron chi connectivity index (χ2n) is 9.71. The van der Waals surface area contributed by atoms with Crippen molar-refractivity contribution in [1.82, 2.24) is 14.7 Å². The van der Waals surface area contributed by atoms with E-state index in [0.717, 1.165) is 18.5 Å². The van der Waals surface area contributed by atoms with Crippen LogP contribution in [0.15, 0.2) is 53.9 Å². The number of benzene rings is 2. The molecule has 0 aliphatic carbocycles. The van der Waals surface area contributed by atoms with Crippen molar-refractivity contribution in [3.05, 3.63) is 85.8 Å². The number of rotatable bonds is 5. The molecule has 10 heteroatoms. The molecule has 2 aliphatic rings. The van der Waals surface area contributed by atoms with Gasteiger partial charge in [0.05, 0.1) is 21.8 Å². The maximum absolute atomic E-state index is 14.1. The fraction of sp³-hybridized carbons (Fsp3) is 0.357. The first-order chi connectivity index (χ1) is 18.3. The molecule has 0 saturated carbocycles. The molecule has 1 N–H and O–H groups in total. The maximum atomic E-state index is 14.1. The monoisotopic (exact) mass is 574 g/mol. The molecular weight excluding hydrogens is 546 g/mol. The van der Waals surface area contributed by atoms with Gasteiger partial charge in [-0.15, -0.1) is 11.3 Å². The van der Waals surface area contributed by atoms with E-state index < -0.39 is 0 Å². The minimum atomic E-state index is -0.272. The van der Waals surface area contributed by atoms with Crippen LogP contribution in [0.1, 0.15) is 35.4 Å². The van der Waals surface area contributed by atoms with E-state index >= 15 is 0 Å². The zero-order valence-corrected chi connectivity index (χ0v) is 23.3. The molecular formula is C28H29Cl2FN4O2S. The van der Waals surface area contributed by atoms with Gasteiger partial charge in [-0.2, -0.15) is 0 Å². The summed E-state index contributed by atoms with van der Waals surface area (Å²) in [5.74, 6) is -0.196. The highest BCUT2D eigenvalue weighted by atomic mass is 35.5. The van der Waals surface area contributed by atoms with Crippen molar-refractivity contribution in [3.63, 3.8) is 0 Å². The first-order valence-electron chi connectivity index (χ1n) is 12.7. The summed E-state index contributed by atoms with van der Waals surface area (Å²) in [5.41, 5.74) is 2.57. The summed E-state index contributed by atoms with van der Waals surface area (Å²) in [6, 6.07) is 13.5. The lowest BCUT2D eigenvalue weighted by Gasteiger charge is -2.40. The van der Waals surface area contributed by atoms with Crippen LogP contribution in [0.3, 0.4) is 0 Å². The molecule has 5 rings (SSSR count). The Labute approximate surface area is 235 Å². The van der Waals surface area contributed by atoms with E-state index in [1.54, 1.807) is 46.6 Å². The number of halogens is 3. The molecule has 6 nitrogen and oxygen atoms in total. The van der Waals surface area contributed by atoms with Crippen molar-refractivity contribution in [3.8, 4) is 0 Å². The van der Waals surface area contributed by atoms with Gasteiger partial charge >= 0.3 is 6.03 Å². The van der Waals surface area contributed by atoms with E-state index in [1.807, 2.05) is 17.9 Å². The summed E-state index contributed by atoms with van der Waals surface area (Å²) in [6.45, 7) is 4.67. The van der Waals surface area contributed by atoms with Crippen LogP contribution in [0.25, 0.3) is 0 Å². The SMILES string of the molecule is CC1CN(C(=O)CCN2CCc3sccc3C2c2cccc(F)c2)CCN1C(=O)Nc1cccc(Cl)c1Cl. The molecule has 2 unspecified atom stereocenters. The number of hydrogen-bond acceptors (Lipinski definition) is 4. The summed E-state index contributed by atoms with van der Waals surface area (Å²) in [4.78, 5) is 33.3. The first kappa shape index (κ1) is 26.9. The van der Waals surface area contributed by atoms with Crippen molar-refractivity contribution in [1.29, 1.82) is 0 Å². The molecule has 1 saturated heterocycles. The fourth-order valence-corrected chi connectivity index (χ4v) is 6.60. The van der Waals surface area contributed by atoms with Gasteiger partial charge < -0.3 is 15.1 Å². The quantitative estimate of drug-likeness (QED) is 0.389. The molecule has 3 aromatic rings. The van der Waals surface area contributed by atoms with Crippen LogP contribution < -0.4 is 5.32 Å². The van der Waals surface area contributed by atoms with Crippen LogP contribution in [0.5, 0.6) is 0 Å². The number of carbonyl (C=O) groups excluding carboxylic acids is 2. The lowest BCUT2D eigenvalue weighted by Crippen LogP contribution is -2.56. The van der Waals surface area contributed by atoms with Crippen LogP contribution >= 0.6 is 34.5 Å². The van der Waals surface area contributed by atoms with Crippen LogP contribution in [0, 0.1) is 5.82 Å². The Kier molecular flexibility index (Phi) is 8.23. The van der Waals surface area contributed by atoms with Crippen molar-refractivity contribution in [2.45, 2.75) is 31.8 Å². The zero-order valence-electron chi connectivity index (χ0n) is 21.0. The van der Waals surface area contributed by atoms with E-state index in [2.05, 4.69) is 21.7 Å². The standard InChI is InChI=1S/C28H29Cl2FN4O2S/c1-18-17-34(13-14-35(18)28(37)32-23-7-3-6-22(29)26(23)30)25(36)9-12-33-11-8-24-21(10-15-38-24)27(33)19-4-2-5-20(31)16-19/h2-7,10,15-16,18,27H,8-9,11-14,17H2,1H3,(H,32,37). The fourth-order valence-electron chi connectivity index (χ4n) is 5.35. The summed E-state index contributed by atoms with van der Waals surface area (Å²) in [5, 5.41) is 5.59. The number of fused-ring (bicyclic) bond motifs is 1. The highest BCUT2D eigenvalue weighted by molar-refractivity contribution is 7.10. The molecule has 3 amide bonds. The number of nitrogens with zero attached hydrogens (tertiary/aromatic N) is 3. The van der Waals surface area contributed by atoms with Crippen molar-refractivity contribution < 1.29 is 14.0 Å². The van der Waals surface area contributed by atoms with Crippen molar-refractivity contribution >= 4 is 52.2 Å². The third kappa shape index (κ3) is 5.69. The average molecular weight is 576 g/mol. The minimum Gasteiger partial charge on any atom is -0.339 e. The van der Waals surface area contributed by atoms with Crippen LogP contribution in [-0.4, -0.2) is 65.4 Å². The number of nitrogens with one attached hydrogen (secondary N) is 1. The van der Waals surface area contributed by atoms with E-state index in [-0.39, 0.29) is 29.8 Å².